The first kappa shape index (κ1) is 24.2. The number of amides is 3. The maximum Gasteiger partial charge on any atom is 0.263 e. The van der Waals surface area contributed by atoms with Gasteiger partial charge in [0.1, 0.15) is 11.8 Å². The first-order valence-corrected chi connectivity index (χ1v) is 13.0. The standard InChI is InChI=1S/C28H29N3O4S/c1-20-8-5-6-11-22(20)26(33)31-23(25(32)29-18-21-9-3-2-4-10-21)19-35-28(31)13-15-30(16-14-28)27(34)24-12-7-17-36-24/h2-12,17,23H,13-16,18-19H2,1H3,(H,29,32)/t23-/m0/s1. The van der Waals surface area contributed by atoms with E-state index in [1.807, 2.05) is 73.0 Å². The summed E-state index contributed by atoms with van der Waals surface area (Å²) in [5.74, 6) is -0.468. The molecule has 0 bridgehead atoms. The fraction of sp³-hybridized carbons (Fsp3) is 0.321. The van der Waals surface area contributed by atoms with E-state index in [9.17, 15) is 14.4 Å². The van der Waals surface area contributed by atoms with Crippen LogP contribution in [0.25, 0.3) is 0 Å². The van der Waals surface area contributed by atoms with Crippen molar-refractivity contribution >= 4 is 29.1 Å². The highest BCUT2D eigenvalue weighted by molar-refractivity contribution is 7.12. The Morgan fingerprint density at radius 2 is 1.69 bits per heavy atom. The van der Waals surface area contributed by atoms with E-state index in [2.05, 4.69) is 5.32 Å². The fourth-order valence-corrected chi connectivity index (χ4v) is 5.72. The Labute approximate surface area is 214 Å². The molecule has 1 N–H and O–H groups in total. The van der Waals surface area contributed by atoms with E-state index < -0.39 is 11.8 Å². The second-order valence-electron chi connectivity index (χ2n) is 9.24. The van der Waals surface area contributed by atoms with Gasteiger partial charge >= 0.3 is 0 Å². The Morgan fingerprint density at radius 1 is 0.972 bits per heavy atom. The molecule has 5 rings (SSSR count). The lowest BCUT2D eigenvalue weighted by molar-refractivity contribution is -0.128. The Balaban J connectivity index is 1.38. The summed E-state index contributed by atoms with van der Waals surface area (Å²) in [6, 6.07) is 20.0. The molecule has 2 fully saturated rings. The normalized spacial score (nSPS) is 18.9. The van der Waals surface area contributed by atoms with Gasteiger partial charge in [0, 0.05) is 38.0 Å². The van der Waals surface area contributed by atoms with Crippen LogP contribution in [0.2, 0.25) is 0 Å². The van der Waals surface area contributed by atoms with Gasteiger partial charge < -0.3 is 15.0 Å². The molecule has 1 atom stereocenters. The Kier molecular flexibility index (Phi) is 6.89. The topological polar surface area (TPSA) is 79.0 Å². The average Bonchev–Trinajstić information content (AvgIpc) is 3.57. The van der Waals surface area contributed by atoms with Crippen molar-refractivity contribution < 1.29 is 19.1 Å². The third-order valence-corrected chi connectivity index (χ3v) is 7.89. The van der Waals surface area contributed by atoms with Crippen LogP contribution in [0.4, 0.5) is 0 Å². The monoisotopic (exact) mass is 503 g/mol. The van der Waals surface area contributed by atoms with Crippen LogP contribution >= 0.6 is 11.3 Å². The summed E-state index contributed by atoms with van der Waals surface area (Å²) < 4.78 is 6.29. The van der Waals surface area contributed by atoms with Gasteiger partial charge in [0.05, 0.1) is 11.5 Å². The number of hydrogen-bond acceptors (Lipinski definition) is 5. The molecule has 0 aliphatic carbocycles. The van der Waals surface area contributed by atoms with Gasteiger partial charge in [-0.05, 0) is 35.6 Å². The van der Waals surface area contributed by atoms with E-state index in [4.69, 9.17) is 4.74 Å². The summed E-state index contributed by atoms with van der Waals surface area (Å²) in [5.41, 5.74) is 1.45. The maximum absolute atomic E-state index is 13.9. The maximum atomic E-state index is 13.9. The molecular formula is C28H29N3O4S. The zero-order valence-corrected chi connectivity index (χ0v) is 21.0. The molecule has 1 spiro atoms. The number of ether oxygens (including phenoxy) is 1. The molecule has 3 heterocycles. The minimum atomic E-state index is -0.930. The van der Waals surface area contributed by atoms with Gasteiger partial charge in [0.25, 0.3) is 11.8 Å². The molecule has 3 aromatic rings. The van der Waals surface area contributed by atoms with Crippen LogP contribution in [0.3, 0.4) is 0 Å². The van der Waals surface area contributed by atoms with Gasteiger partial charge in [-0.3, -0.25) is 19.3 Å². The Hall–Kier alpha value is -3.49. The minimum absolute atomic E-state index is 0.00761. The average molecular weight is 504 g/mol. The van der Waals surface area contributed by atoms with Crippen LogP contribution < -0.4 is 5.32 Å². The van der Waals surface area contributed by atoms with Gasteiger partial charge in [0.2, 0.25) is 5.91 Å². The first-order chi connectivity index (χ1) is 17.5. The molecule has 1 aromatic heterocycles. The van der Waals surface area contributed by atoms with Gasteiger partial charge in [0.15, 0.2) is 0 Å². The molecule has 2 aliphatic rings. The van der Waals surface area contributed by atoms with Crippen molar-refractivity contribution in [3.05, 3.63) is 93.7 Å². The lowest BCUT2D eigenvalue weighted by Crippen LogP contribution is -2.59. The van der Waals surface area contributed by atoms with Crippen LogP contribution in [-0.2, 0) is 16.1 Å². The second kappa shape index (κ2) is 10.2. The van der Waals surface area contributed by atoms with Crippen molar-refractivity contribution in [1.82, 2.24) is 15.1 Å². The molecule has 36 heavy (non-hydrogen) atoms. The number of nitrogens with zero attached hydrogens (tertiary/aromatic N) is 2. The van der Waals surface area contributed by atoms with Crippen LogP contribution in [0.1, 0.15) is 44.0 Å². The summed E-state index contributed by atoms with van der Waals surface area (Å²) in [6.07, 6.45) is 0.897. The van der Waals surface area contributed by atoms with Crippen molar-refractivity contribution in [2.45, 2.75) is 38.1 Å². The van der Waals surface area contributed by atoms with E-state index in [0.717, 1.165) is 11.1 Å². The highest BCUT2D eigenvalue weighted by atomic mass is 32.1. The predicted molar refractivity (Wildman–Crippen MR) is 138 cm³/mol. The quantitative estimate of drug-likeness (QED) is 0.574. The predicted octanol–water partition coefficient (Wildman–Crippen LogP) is 3.85. The number of piperidine rings is 1. The summed E-state index contributed by atoms with van der Waals surface area (Å²) in [6.45, 7) is 3.29. The van der Waals surface area contributed by atoms with E-state index in [0.29, 0.717) is 42.9 Å². The highest BCUT2D eigenvalue weighted by Crippen LogP contribution is 2.39. The van der Waals surface area contributed by atoms with Crippen molar-refractivity contribution in [1.29, 1.82) is 0 Å². The third-order valence-electron chi connectivity index (χ3n) is 7.03. The van der Waals surface area contributed by atoms with Crippen LogP contribution in [0, 0.1) is 6.92 Å². The largest absolute Gasteiger partial charge is 0.353 e. The zero-order chi connectivity index (χ0) is 25.1. The molecule has 186 valence electrons. The number of hydrogen-bond donors (Lipinski definition) is 1. The molecule has 8 heteroatoms. The summed E-state index contributed by atoms with van der Waals surface area (Å²) in [5, 5.41) is 4.87. The Bertz CT molecular complexity index is 1240. The van der Waals surface area contributed by atoms with Crippen LogP contribution in [0.15, 0.2) is 72.1 Å². The fourth-order valence-electron chi connectivity index (χ4n) is 5.03. The van der Waals surface area contributed by atoms with E-state index in [1.54, 1.807) is 15.9 Å². The number of carbonyl (C=O) groups excluding carboxylic acids is 3. The van der Waals surface area contributed by atoms with Crippen molar-refractivity contribution in [3.8, 4) is 0 Å². The number of carbonyl (C=O) groups is 3. The van der Waals surface area contributed by atoms with Gasteiger partial charge in [-0.25, -0.2) is 0 Å². The number of likely N-dealkylation sites (tertiary alicyclic amines) is 1. The first-order valence-electron chi connectivity index (χ1n) is 12.2. The van der Waals surface area contributed by atoms with Crippen LogP contribution in [-0.4, -0.2) is 59.0 Å². The molecule has 0 saturated carbocycles. The lowest BCUT2D eigenvalue weighted by Gasteiger charge is -2.44. The third kappa shape index (κ3) is 4.66. The molecule has 2 saturated heterocycles. The molecule has 7 nitrogen and oxygen atoms in total. The molecular weight excluding hydrogens is 474 g/mol. The summed E-state index contributed by atoms with van der Waals surface area (Å²) in [4.78, 5) is 44.3. The zero-order valence-electron chi connectivity index (χ0n) is 20.2. The number of thiophene rings is 1. The Morgan fingerprint density at radius 3 is 2.39 bits per heavy atom. The molecule has 3 amide bonds. The van der Waals surface area contributed by atoms with E-state index >= 15 is 0 Å². The van der Waals surface area contributed by atoms with E-state index in [1.165, 1.54) is 11.3 Å². The van der Waals surface area contributed by atoms with Gasteiger partial charge in [-0.1, -0.05) is 54.6 Å². The number of rotatable bonds is 5. The molecule has 2 aromatic carbocycles. The SMILES string of the molecule is Cc1ccccc1C(=O)N1[C@H](C(=O)NCc2ccccc2)COC12CCN(C(=O)c1cccs1)CC2. The van der Waals surface area contributed by atoms with Crippen LogP contribution in [0.5, 0.6) is 0 Å². The van der Waals surface area contributed by atoms with Gasteiger partial charge in [-0.15, -0.1) is 11.3 Å². The van der Waals surface area contributed by atoms with Crippen molar-refractivity contribution in [2.24, 2.45) is 0 Å². The minimum Gasteiger partial charge on any atom is -0.353 e. The number of nitrogens with one attached hydrogen (secondary N) is 1. The summed E-state index contributed by atoms with van der Waals surface area (Å²) >= 11 is 1.42. The van der Waals surface area contributed by atoms with Gasteiger partial charge in [-0.2, -0.15) is 0 Å². The molecule has 0 unspecified atom stereocenters. The smallest absolute Gasteiger partial charge is 0.263 e. The molecule has 2 aliphatic heterocycles. The number of aryl methyl sites for hydroxylation is 1. The molecule has 0 radical (unpaired) electrons. The van der Waals surface area contributed by atoms with Crippen molar-refractivity contribution in [2.75, 3.05) is 19.7 Å². The summed E-state index contributed by atoms with van der Waals surface area (Å²) in [7, 11) is 0. The van der Waals surface area contributed by atoms with E-state index in [-0.39, 0.29) is 24.3 Å². The van der Waals surface area contributed by atoms with Crippen molar-refractivity contribution in [3.63, 3.8) is 0 Å². The lowest BCUT2D eigenvalue weighted by atomic mass is 9.95. The second-order valence-corrected chi connectivity index (χ2v) is 10.2. The highest BCUT2D eigenvalue weighted by Gasteiger charge is 2.54. The number of benzene rings is 2.